The van der Waals surface area contributed by atoms with E-state index in [0.717, 1.165) is 36.7 Å². The molecule has 5 heteroatoms. The normalized spacial score (nSPS) is 11.1. The lowest BCUT2D eigenvalue weighted by Crippen LogP contribution is -2.13. The molecule has 1 aromatic heterocycles. The Bertz CT molecular complexity index is 422. The summed E-state index contributed by atoms with van der Waals surface area (Å²) in [5.41, 5.74) is 2.28. The predicted octanol–water partition coefficient (Wildman–Crippen LogP) is 2.94. The molecule has 0 aliphatic rings. The first-order valence-electron chi connectivity index (χ1n) is 7.78. The summed E-state index contributed by atoms with van der Waals surface area (Å²) >= 11 is 0. The van der Waals surface area contributed by atoms with E-state index in [1.807, 2.05) is 0 Å². The molecule has 1 heterocycles. The molecule has 1 aromatic rings. The molecule has 0 spiro atoms. The Hall–Kier alpha value is -1.20. The van der Waals surface area contributed by atoms with Gasteiger partial charge in [-0.15, -0.1) is 0 Å². The van der Waals surface area contributed by atoms with Gasteiger partial charge in [0.2, 0.25) is 0 Å². The summed E-state index contributed by atoms with van der Waals surface area (Å²) in [5, 5.41) is 3.42. The summed E-state index contributed by atoms with van der Waals surface area (Å²) in [6, 6.07) is 0. The van der Waals surface area contributed by atoms with Gasteiger partial charge >= 0.3 is 0 Å². The van der Waals surface area contributed by atoms with Crippen LogP contribution in [0.25, 0.3) is 0 Å². The van der Waals surface area contributed by atoms with Gasteiger partial charge in [0.05, 0.1) is 19.8 Å². The quantitative estimate of drug-likeness (QED) is 0.673. The Kier molecular flexibility index (Phi) is 8.23. The fourth-order valence-corrected chi connectivity index (χ4v) is 2.23. The van der Waals surface area contributed by atoms with Gasteiger partial charge in [-0.1, -0.05) is 20.8 Å². The van der Waals surface area contributed by atoms with Crippen LogP contribution in [0.3, 0.4) is 0 Å². The van der Waals surface area contributed by atoms with Crippen molar-refractivity contribution in [2.75, 3.05) is 38.8 Å². The van der Waals surface area contributed by atoms with E-state index in [1.165, 1.54) is 5.56 Å². The number of nitrogens with one attached hydrogen (secondary N) is 1. The zero-order valence-electron chi connectivity index (χ0n) is 14.0. The summed E-state index contributed by atoms with van der Waals surface area (Å²) in [6.45, 7) is 11.4. The first-order chi connectivity index (χ1) is 10.1. The fraction of sp³-hybridized carbons (Fsp3) is 0.750. The van der Waals surface area contributed by atoms with Crippen LogP contribution in [-0.2, 0) is 15.9 Å². The monoisotopic (exact) mass is 295 g/mol. The molecule has 0 fully saturated rings. The Morgan fingerprint density at radius 3 is 2.52 bits per heavy atom. The highest BCUT2D eigenvalue weighted by atomic mass is 16.5. The van der Waals surface area contributed by atoms with Gasteiger partial charge < -0.3 is 14.8 Å². The van der Waals surface area contributed by atoms with Crippen molar-refractivity contribution in [2.45, 2.75) is 46.5 Å². The second kappa shape index (κ2) is 9.68. The third-order valence-electron chi connectivity index (χ3n) is 3.20. The van der Waals surface area contributed by atoms with Crippen molar-refractivity contribution in [3.8, 4) is 0 Å². The Morgan fingerprint density at radius 2 is 1.90 bits per heavy atom. The van der Waals surface area contributed by atoms with E-state index in [-0.39, 0.29) is 0 Å². The maximum atomic E-state index is 5.49. The molecule has 0 aromatic carbocycles. The van der Waals surface area contributed by atoms with E-state index >= 15 is 0 Å². The van der Waals surface area contributed by atoms with Crippen LogP contribution in [0.5, 0.6) is 0 Å². The van der Waals surface area contributed by atoms with Crippen molar-refractivity contribution in [2.24, 2.45) is 0 Å². The maximum absolute atomic E-state index is 5.49. The van der Waals surface area contributed by atoms with Crippen LogP contribution < -0.4 is 5.32 Å². The van der Waals surface area contributed by atoms with Crippen molar-refractivity contribution in [3.05, 3.63) is 17.1 Å². The molecular formula is C16H29N3O2. The minimum Gasteiger partial charge on any atom is -0.382 e. The number of ether oxygens (including phenoxy) is 2. The zero-order valence-corrected chi connectivity index (χ0v) is 14.0. The van der Waals surface area contributed by atoms with Gasteiger partial charge in [0.1, 0.15) is 11.6 Å². The highest BCUT2D eigenvalue weighted by molar-refractivity contribution is 5.48. The van der Waals surface area contributed by atoms with Gasteiger partial charge in [-0.25, -0.2) is 9.97 Å². The van der Waals surface area contributed by atoms with Crippen molar-refractivity contribution in [1.82, 2.24) is 9.97 Å². The maximum Gasteiger partial charge on any atom is 0.133 e. The van der Waals surface area contributed by atoms with E-state index in [9.17, 15) is 0 Å². The topological polar surface area (TPSA) is 56.3 Å². The molecule has 21 heavy (non-hydrogen) atoms. The predicted molar refractivity (Wildman–Crippen MR) is 86.0 cm³/mol. The van der Waals surface area contributed by atoms with Crippen molar-refractivity contribution in [1.29, 1.82) is 0 Å². The van der Waals surface area contributed by atoms with Crippen LogP contribution in [0, 0.1) is 6.92 Å². The molecule has 0 saturated carbocycles. The number of hydrogen-bond acceptors (Lipinski definition) is 5. The Morgan fingerprint density at radius 1 is 1.14 bits per heavy atom. The van der Waals surface area contributed by atoms with Crippen LogP contribution in [0.15, 0.2) is 0 Å². The molecule has 0 saturated heterocycles. The number of hydrogen-bond donors (Lipinski definition) is 1. The fourth-order valence-electron chi connectivity index (χ4n) is 2.23. The summed E-state index contributed by atoms with van der Waals surface area (Å²) in [4.78, 5) is 9.30. The third-order valence-corrected chi connectivity index (χ3v) is 3.20. The van der Waals surface area contributed by atoms with Gasteiger partial charge in [-0.05, 0) is 19.3 Å². The van der Waals surface area contributed by atoms with Crippen LogP contribution in [0.1, 0.15) is 50.2 Å². The molecule has 0 aliphatic heterocycles. The summed E-state index contributed by atoms with van der Waals surface area (Å²) < 4.78 is 10.4. The van der Waals surface area contributed by atoms with E-state index in [0.29, 0.717) is 25.7 Å². The number of rotatable bonds is 10. The van der Waals surface area contributed by atoms with E-state index in [2.05, 4.69) is 43.0 Å². The molecular weight excluding hydrogens is 266 g/mol. The first kappa shape index (κ1) is 17.9. The summed E-state index contributed by atoms with van der Waals surface area (Å²) in [7, 11) is 1.67. The van der Waals surface area contributed by atoms with Crippen LogP contribution in [0.4, 0.5) is 5.82 Å². The molecule has 0 atom stereocenters. The molecule has 1 rings (SSSR count). The van der Waals surface area contributed by atoms with E-state index < -0.39 is 0 Å². The number of aryl methyl sites for hydroxylation is 1. The van der Waals surface area contributed by atoms with Crippen molar-refractivity contribution < 1.29 is 9.47 Å². The molecule has 0 amide bonds. The average molecular weight is 295 g/mol. The smallest absolute Gasteiger partial charge is 0.133 e. The number of nitrogens with zero attached hydrogens (tertiary/aromatic N) is 2. The lowest BCUT2D eigenvalue weighted by atomic mass is 10.0. The summed E-state index contributed by atoms with van der Waals surface area (Å²) in [6.07, 6.45) is 1.81. The molecule has 0 aliphatic carbocycles. The zero-order chi connectivity index (χ0) is 15.7. The molecule has 1 N–H and O–H groups in total. The van der Waals surface area contributed by atoms with Crippen molar-refractivity contribution in [3.63, 3.8) is 0 Å². The number of anilines is 1. The Labute approximate surface area is 128 Å². The van der Waals surface area contributed by atoms with Crippen molar-refractivity contribution >= 4 is 5.82 Å². The molecule has 0 bridgehead atoms. The van der Waals surface area contributed by atoms with E-state index in [1.54, 1.807) is 7.11 Å². The van der Waals surface area contributed by atoms with Gasteiger partial charge in [0.25, 0.3) is 0 Å². The summed E-state index contributed by atoms with van der Waals surface area (Å²) in [5.74, 6) is 2.23. The lowest BCUT2D eigenvalue weighted by molar-refractivity contribution is 0.0716. The second-order valence-corrected chi connectivity index (χ2v) is 5.42. The minimum absolute atomic E-state index is 0.413. The standard InChI is InChI=1S/C16H29N3O2/c1-6-8-17-16-15(12(2)3)13(4)18-14(19-16)7-9-21-11-10-20-5/h12H,6-11H2,1-5H3,(H,17,18,19). The van der Waals surface area contributed by atoms with Crippen LogP contribution in [0.2, 0.25) is 0 Å². The lowest BCUT2D eigenvalue weighted by Gasteiger charge is -2.17. The molecule has 120 valence electrons. The Balaban J connectivity index is 2.74. The second-order valence-electron chi connectivity index (χ2n) is 5.42. The first-order valence-corrected chi connectivity index (χ1v) is 7.78. The third kappa shape index (κ3) is 5.98. The molecule has 5 nitrogen and oxygen atoms in total. The SMILES string of the molecule is CCCNc1nc(CCOCCOC)nc(C)c1C(C)C. The highest BCUT2D eigenvalue weighted by Crippen LogP contribution is 2.25. The minimum atomic E-state index is 0.413. The largest absolute Gasteiger partial charge is 0.382 e. The average Bonchev–Trinajstić information content (AvgIpc) is 2.44. The van der Waals surface area contributed by atoms with Crippen LogP contribution >= 0.6 is 0 Å². The van der Waals surface area contributed by atoms with Crippen LogP contribution in [-0.4, -0.2) is 43.4 Å². The number of methoxy groups -OCH3 is 1. The number of aromatic nitrogens is 2. The van der Waals surface area contributed by atoms with Gasteiger partial charge in [0.15, 0.2) is 0 Å². The van der Waals surface area contributed by atoms with Gasteiger partial charge in [-0.2, -0.15) is 0 Å². The van der Waals surface area contributed by atoms with E-state index in [4.69, 9.17) is 9.47 Å². The molecule has 0 radical (unpaired) electrons. The highest BCUT2D eigenvalue weighted by Gasteiger charge is 2.14. The van der Waals surface area contributed by atoms with Gasteiger partial charge in [0, 0.05) is 31.3 Å². The van der Waals surface area contributed by atoms with Gasteiger partial charge in [-0.3, -0.25) is 0 Å². The molecule has 0 unspecified atom stereocenters.